The number of ether oxygens (including phenoxy) is 1. The summed E-state index contributed by atoms with van der Waals surface area (Å²) in [5.74, 6) is 1.93. The van der Waals surface area contributed by atoms with Crippen molar-refractivity contribution in [2.45, 2.75) is 33.4 Å². The SMILES string of the molecule is Cc1ccc(C)c(OCCCn2c(CN(C)C(=O)c3ccco3)nc3ccccc32)c1. The molecule has 1 amide bonds. The lowest BCUT2D eigenvalue weighted by Gasteiger charge is -2.17. The Morgan fingerprint density at radius 2 is 1.97 bits per heavy atom. The van der Waals surface area contributed by atoms with Crippen molar-refractivity contribution in [2.75, 3.05) is 13.7 Å². The van der Waals surface area contributed by atoms with Gasteiger partial charge in [0.25, 0.3) is 5.91 Å². The van der Waals surface area contributed by atoms with Crippen LogP contribution in [0.3, 0.4) is 0 Å². The van der Waals surface area contributed by atoms with Gasteiger partial charge in [0, 0.05) is 13.6 Å². The number of aryl methyl sites for hydroxylation is 3. The summed E-state index contributed by atoms with van der Waals surface area (Å²) in [7, 11) is 1.76. The van der Waals surface area contributed by atoms with E-state index < -0.39 is 0 Å². The molecule has 4 aromatic rings. The molecule has 31 heavy (non-hydrogen) atoms. The van der Waals surface area contributed by atoms with Crippen LogP contribution >= 0.6 is 0 Å². The molecule has 0 spiro atoms. The Balaban J connectivity index is 1.47. The van der Waals surface area contributed by atoms with Crippen molar-refractivity contribution in [3.63, 3.8) is 0 Å². The molecule has 0 aliphatic carbocycles. The summed E-state index contributed by atoms with van der Waals surface area (Å²) >= 11 is 0. The quantitative estimate of drug-likeness (QED) is 0.379. The summed E-state index contributed by atoms with van der Waals surface area (Å²) in [5, 5.41) is 0. The zero-order valence-electron chi connectivity index (χ0n) is 18.2. The van der Waals surface area contributed by atoms with Gasteiger partial charge in [-0.05, 0) is 61.7 Å². The number of nitrogens with zero attached hydrogens (tertiary/aromatic N) is 3. The van der Waals surface area contributed by atoms with Gasteiger partial charge in [-0.2, -0.15) is 0 Å². The van der Waals surface area contributed by atoms with Gasteiger partial charge in [0.15, 0.2) is 5.76 Å². The number of hydrogen-bond donors (Lipinski definition) is 0. The highest BCUT2D eigenvalue weighted by Crippen LogP contribution is 2.21. The van der Waals surface area contributed by atoms with Gasteiger partial charge in [-0.15, -0.1) is 0 Å². The fourth-order valence-electron chi connectivity index (χ4n) is 3.64. The van der Waals surface area contributed by atoms with Crippen molar-refractivity contribution >= 4 is 16.9 Å². The molecule has 160 valence electrons. The second-order valence-electron chi connectivity index (χ2n) is 7.78. The number of benzene rings is 2. The monoisotopic (exact) mass is 417 g/mol. The molecule has 4 rings (SSSR count). The summed E-state index contributed by atoms with van der Waals surface area (Å²) < 4.78 is 13.4. The summed E-state index contributed by atoms with van der Waals surface area (Å²) in [5.41, 5.74) is 4.31. The van der Waals surface area contributed by atoms with E-state index >= 15 is 0 Å². The second-order valence-corrected chi connectivity index (χ2v) is 7.78. The Kier molecular flexibility index (Phi) is 6.07. The highest BCUT2D eigenvalue weighted by molar-refractivity contribution is 5.91. The Hall–Kier alpha value is -3.54. The molecule has 2 aromatic carbocycles. The number of carbonyl (C=O) groups is 1. The Bertz CT molecular complexity index is 1180. The van der Waals surface area contributed by atoms with Crippen LogP contribution in [0.4, 0.5) is 0 Å². The second kappa shape index (κ2) is 9.08. The largest absolute Gasteiger partial charge is 0.493 e. The van der Waals surface area contributed by atoms with Crippen LogP contribution in [0.2, 0.25) is 0 Å². The van der Waals surface area contributed by atoms with Gasteiger partial charge in [-0.3, -0.25) is 4.79 Å². The zero-order chi connectivity index (χ0) is 21.8. The van der Waals surface area contributed by atoms with Crippen LogP contribution in [0.1, 0.15) is 33.9 Å². The molecule has 0 fully saturated rings. The number of furan rings is 1. The summed E-state index contributed by atoms with van der Waals surface area (Å²) in [4.78, 5) is 19.0. The van der Waals surface area contributed by atoms with Gasteiger partial charge < -0.3 is 18.6 Å². The molecular formula is C25H27N3O3. The van der Waals surface area contributed by atoms with E-state index in [4.69, 9.17) is 14.1 Å². The first kappa shape index (κ1) is 20.7. The van der Waals surface area contributed by atoms with Crippen molar-refractivity contribution in [1.82, 2.24) is 14.5 Å². The van der Waals surface area contributed by atoms with E-state index in [0.717, 1.165) is 41.1 Å². The molecule has 6 heteroatoms. The first-order valence-electron chi connectivity index (χ1n) is 10.5. The molecule has 2 heterocycles. The minimum atomic E-state index is -0.165. The minimum absolute atomic E-state index is 0.165. The number of imidazole rings is 1. The van der Waals surface area contributed by atoms with Gasteiger partial charge in [-0.1, -0.05) is 24.3 Å². The third kappa shape index (κ3) is 4.63. The first-order chi connectivity index (χ1) is 15.0. The van der Waals surface area contributed by atoms with Crippen LogP contribution in [0.15, 0.2) is 65.3 Å². The summed E-state index contributed by atoms with van der Waals surface area (Å²) in [6.07, 6.45) is 2.34. The fourth-order valence-corrected chi connectivity index (χ4v) is 3.64. The molecule has 0 bridgehead atoms. The van der Waals surface area contributed by atoms with Crippen molar-refractivity contribution in [2.24, 2.45) is 0 Å². The predicted octanol–water partition coefficient (Wildman–Crippen LogP) is 4.99. The summed E-state index contributed by atoms with van der Waals surface area (Å²) in [6.45, 7) is 5.88. The molecular weight excluding hydrogens is 390 g/mol. The van der Waals surface area contributed by atoms with E-state index in [-0.39, 0.29) is 5.91 Å². The van der Waals surface area contributed by atoms with E-state index in [1.807, 2.05) is 18.2 Å². The highest BCUT2D eigenvalue weighted by atomic mass is 16.5. The van der Waals surface area contributed by atoms with Gasteiger partial charge in [0.2, 0.25) is 0 Å². The van der Waals surface area contributed by atoms with E-state index in [9.17, 15) is 4.79 Å². The number of fused-ring (bicyclic) bond motifs is 1. The van der Waals surface area contributed by atoms with Crippen LogP contribution in [0.25, 0.3) is 11.0 Å². The molecule has 0 radical (unpaired) electrons. The Labute approximate surface area is 182 Å². The smallest absolute Gasteiger partial charge is 0.289 e. The van der Waals surface area contributed by atoms with Crippen molar-refractivity contribution in [3.05, 3.63) is 83.6 Å². The molecule has 6 nitrogen and oxygen atoms in total. The van der Waals surface area contributed by atoms with Crippen molar-refractivity contribution < 1.29 is 13.9 Å². The standard InChI is InChI=1S/C25H27N3O3/c1-18-11-12-19(2)23(16-18)31-15-7-13-28-21-9-5-4-8-20(21)26-24(28)17-27(3)25(29)22-10-6-14-30-22/h4-6,8-12,14,16H,7,13,15,17H2,1-3H3. The maximum atomic E-state index is 12.6. The Morgan fingerprint density at radius 1 is 1.13 bits per heavy atom. The third-order valence-electron chi connectivity index (χ3n) is 5.32. The lowest BCUT2D eigenvalue weighted by Crippen LogP contribution is -2.27. The average molecular weight is 418 g/mol. The Morgan fingerprint density at radius 3 is 2.77 bits per heavy atom. The maximum absolute atomic E-state index is 12.6. The molecule has 0 unspecified atom stereocenters. The van der Waals surface area contributed by atoms with E-state index in [0.29, 0.717) is 18.9 Å². The molecule has 0 N–H and O–H groups in total. The predicted molar refractivity (Wildman–Crippen MR) is 120 cm³/mol. The number of amides is 1. The van der Waals surface area contributed by atoms with Gasteiger partial charge in [-0.25, -0.2) is 4.98 Å². The molecule has 0 saturated carbocycles. The number of para-hydroxylation sites is 2. The van der Waals surface area contributed by atoms with Crippen LogP contribution in [0, 0.1) is 13.8 Å². The minimum Gasteiger partial charge on any atom is -0.493 e. The molecule has 0 aliphatic rings. The zero-order valence-corrected chi connectivity index (χ0v) is 18.2. The molecule has 0 aliphatic heterocycles. The van der Waals surface area contributed by atoms with E-state index in [2.05, 4.69) is 42.7 Å². The van der Waals surface area contributed by atoms with Crippen molar-refractivity contribution in [3.8, 4) is 5.75 Å². The summed E-state index contributed by atoms with van der Waals surface area (Å²) in [6, 6.07) is 17.7. The number of hydrogen-bond acceptors (Lipinski definition) is 4. The fraction of sp³-hybridized carbons (Fsp3) is 0.280. The maximum Gasteiger partial charge on any atom is 0.289 e. The topological polar surface area (TPSA) is 60.5 Å². The molecule has 0 atom stereocenters. The number of rotatable bonds is 8. The van der Waals surface area contributed by atoms with E-state index in [1.165, 1.54) is 11.8 Å². The van der Waals surface area contributed by atoms with E-state index in [1.54, 1.807) is 24.1 Å². The van der Waals surface area contributed by atoms with Gasteiger partial charge >= 0.3 is 0 Å². The van der Waals surface area contributed by atoms with Crippen LogP contribution < -0.4 is 4.74 Å². The van der Waals surface area contributed by atoms with Gasteiger partial charge in [0.05, 0.1) is 30.4 Å². The van der Waals surface area contributed by atoms with Crippen LogP contribution in [0.5, 0.6) is 5.75 Å². The average Bonchev–Trinajstić information content (AvgIpc) is 3.41. The third-order valence-corrected chi connectivity index (χ3v) is 5.32. The number of carbonyl (C=O) groups excluding carboxylic acids is 1. The highest BCUT2D eigenvalue weighted by Gasteiger charge is 2.18. The normalized spacial score (nSPS) is 11.1. The first-order valence-corrected chi connectivity index (χ1v) is 10.5. The van der Waals surface area contributed by atoms with Gasteiger partial charge in [0.1, 0.15) is 11.6 Å². The lowest BCUT2D eigenvalue weighted by molar-refractivity contribution is 0.0748. The van der Waals surface area contributed by atoms with Crippen LogP contribution in [-0.4, -0.2) is 34.0 Å². The molecule has 0 saturated heterocycles. The van der Waals surface area contributed by atoms with Crippen LogP contribution in [-0.2, 0) is 13.1 Å². The number of aromatic nitrogens is 2. The molecule has 2 aromatic heterocycles. The lowest BCUT2D eigenvalue weighted by atomic mass is 10.1. The van der Waals surface area contributed by atoms with Crippen molar-refractivity contribution in [1.29, 1.82) is 0 Å².